The fraction of sp³-hybridized carbons (Fsp3) is 0.300. The first-order chi connectivity index (χ1) is 13.2. The van der Waals surface area contributed by atoms with Crippen LogP contribution in [0.1, 0.15) is 34.9 Å². The van der Waals surface area contributed by atoms with Crippen molar-refractivity contribution in [2.75, 3.05) is 19.6 Å². The Balaban J connectivity index is 1.45. The highest BCUT2D eigenvalue weighted by Gasteiger charge is 2.25. The highest BCUT2D eigenvalue weighted by molar-refractivity contribution is 5.92. The number of likely N-dealkylation sites (tertiary alicyclic amines) is 1. The summed E-state index contributed by atoms with van der Waals surface area (Å²) >= 11 is 0. The zero-order chi connectivity index (χ0) is 18.6. The quantitative estimate of drug-likeness (QED) is 0.718. The van der Waals surface area contributed by atoms with Gasteiger partial charge in [0.2, 0.25) is 5.76 Å². The van der Waals surface area contributed by atoms with Crippen molar-refractivity contribution in [3.05, 3.63) is 65.8 Å². The van der Waals surface area contributed by atoms with Crippen LogP contribution in [0.5, 0.6) is 0 Å². The second-order valence-electron chi connectivity index (χ2n) is 6.57. The summed E-state index contributed by atoms with van der Waals surface area (Å²) in [5.74, 6) is 0.335. The molecule has 6 nitrogen and oxygen atoms in total. The van der Waals surface area contributed by atoms with E-state index in [1.165, 1.54) is 18.4 Å². The van der Waals surface area contributed by atoms with Crippen LogP contribution in [0, 0.1) is 5.82 Å². The Hall–Kier alpha value is -2.93. The SMILES string of the molecule is O=C(NCC(c1ccc(F)cc1)N1CCCC1)c1cc(-c2ccco2)on1. The van der Waals surface area contributed by atoms with E-state index in [0.717, 1.165) is 31.5 Å². The van der Waals surface area contributed by atoms with Crippen LogP contribution in [0.25, 0.3) is 11.5 Å². The normalized spacial score (nSPS) is 15.7. The molecule has 1 aromatic carbocycles. The Morgan fingerprint density at radius 2 is 1.96 bits per heavy atom. The lowest BCUT2D eigenvalue weighted by Crippen LogP contribution is -2.36. The summed E-state index contributed by atoms with van der Waals surface area (Å²) in [6.45, 7) is 2.34. The minimum atomic E-state index is -0.317. The van der Waals surface area contributed by atoms with Gasteiger partial charge in [0.1, 0.15) is 5.82 Å². The Kier molecular flexibility index (Phi) is 5.02. The Bertz CT molecular complexity index is 884. The van der Waals surface area contributed by atoms with E-state index in [2.05, 4.69) is 15.4 Å². The molecular weight excluding hydrogens is 349 g/mol. The fourth-order valence-corrected chi connectivity index (χ4v) is 3.39. The largest absolute Gasteiger partial charge is 0.461 e. The Morgan fingerprint density at radius 3 is 2.67 bits per heavy atom. The van der Waals surface area contributed by atoms with Crippen LogP contribution >= 0.6 is 0 Å². The Labute approximate surface area is 155 Å². The zero-order valence-corrected chi connectivity index (χ0v) is 14.7. The van der Waals surface area contributed by atoms with E-state index in [1.54, 1.807) is 30.3 Å². The van der Waals surface area contributed by atoms with E-state index in [1.807, 2.05) is 0 Å². The number of hydrogen-bond acceptors (Lipinski definition) is 5. The standard InChI is InChI=1S/C20H20FN3O3/c21-15-7-5-14(6-8-15)17(24-9-1-2-10-24)13-22-20(25)16-12-19(27-23-16)18-4-3-11-26-18/h3-8,11-12,17H,1-2,9-10,13H2,(H,22,25). The molecule has 1 aliphatic heterocycles. The van der Waals surface area contributed by atoms with Gasteiger partial charge in [-0.05, 0) is 55.8 Å². The van der Waals surface area contributed by atoms with E-state index < -0.39 is 0 Å². The molecule has 0 bridgehead atoms. The average Bonchev–Trinajstić information content (AvgIpc) is 3.44. The van der Waals surface area contributed by atoms with Crippen molar-refractivity contribution in [1.82, 2.24) is 15.4 Å². The first kappa shape index (κ1) is 17.5. The molecule has 27 heavy (non-hydrogen) atoms. The third-order valence-electron chi connectivity index (χ3n) is 4.80. The van der Waals surface area contributed by atoms with Crippen LogP contribution in [0.15, 0.2) is 57.7 Å². The summed E-state index contributed by atoms with van der Waals surface area (Å²) in [5, 5.41) is 6.74. The highest BCUT2D eigenvalue weighted by Crippen LogP contribution is 2.25. The van der Waals surface area contributed by atoms with Gasteiger partial charge < -0.3 is 14.3 Å². The lowest BCUT2D eigenvalue weighted by Gasteiger charge is -2.28. The van der Waals surface area contributed by atoms with E-state index >= 15 is 0 Å². The maximum absolute atomic E-state index is 13.3. The number of carbonyl (C=O) groups is 1. The zero-order valence-electron chi connectivity index (χ0n) is 14.7. The van der Waals surface area contributed by atoms with Crippen molar-refractivity contribution >= 4 is 5.91 Å². The topological polar surface area (TPSA) is 71.5 Å². The molecule has 7 heteroatoms. The highest BCUT2D eigenvalue weighted by atomic mass is 19.1. The summed E-state index contributed by atoms with van der Waals surface area (Å²) in [5.41, 5.74) is 1.18. The molecule has 1 aliphatic rings. The lowest BCUT2D eigenvalue weighted by atomic mass is 10.1. The number of halogens is 1. The first-order valence-electron chi connectivity index (χ1n) is 8.99. The molecule has 0 aliphatic carbocycles. The first-order valence-corrected chi connectivity index (χ1v) is 8.99. The van der Waals surface area contributed by atoms with E-state index in [4.69, 9.17) is 8.94 Å². The fourth-order valence-electron chi connectivity index (χ4n) is 3.39. The number of hydrogen-bond donors (Lipinski definition) is 1. The molecule has 140 valence electrons. The minimum absolute atomic E-state index is 0.00602. The van der Waals surface area contributed by atoms with Gasteiger partial charge >= 0.3 is 0 Å². The van der Waals surface area contributed by atoms with E-state index in [0.29, 0.717) is 18.1 Å². The van der Waals surface area contributed by atoms with Gasteiger partial charge in [-0.25, -0.2) is 4.39 Å². The smallest absolute Gasteiger partial charge is 0.273 e. The molecule has 1 amide bonds. The Morgan fingerprint density at radius 1 is 1.19 bits per heavy atom. The molecule has 0 spiro atoms. The molecule has 1 saturated heterocycles. The molecule has 1 atom stereocenters. The van der Waals surface area contributed by atoms with Gasteiger partial charge in [0.15, 0.2) is 11.5 Å². The number of carbonyl (C=O) groups excluding carboxylic acids is 1. The van der Waals surface area contributed by atoms with Crippen LogP contribution in [0.3, 0.4) is 0 Å². The molecular formula is C20H20FN3O3. The second kappa shape index (κ2) is 7.75. The summed E-state index contributed by atoms with van der Waals surface area (Å²) in [6.07, 6.45) is 3.78. The van der Waals surface area contributed by atoms with Crippen LogP contribution < -0.4 is 5.32 Å². The minimum Gasteiger partial charge on any atom is -0.461 e. The summed E-state index contributed by atoms with van der Waals surface area (Å²) in [6, 6.07) is 11.5. The van der Waals surface area contributed by atoms with Crippen molar-refractivity contribution < 1.29 is 18.1 Å². The molecule has 1 N–H and O–H groups in total. The molecule has 3 aromatic rings. The summed E-state index contributed by atoms with van der Waals surface area (Å²) in [4.78, 5) is 14.8. The summed E-state index contributed by atoms with van der Waals surface area (Å²) < 4.78 is 23.7. The predicted octanol–water partition coefficient (Wildman–Crippen LogP) is 3.64. The van der Waals surface area contributed by atoms with Crippen LogP contribution in [-0.4, -0.2) is 35.6 Å². The van der Waals surface area contributed by atoms with Crippen LogP contribution in [0.2, 0.25) is 0 Å². The van der Waals surface area contributed by atoms with Crippen LogP contribution in [-0.2, 0) is 0 Å². The third-order valence-corrected chi connectivity index (χ3v) is 4.80. The van der Waals surface area contributed by atoms with E-state index in [-0.39, 0.29) is 23.5 Å². The van der Waals surface area contributed by atoms with Crippen molar-refractivity contribution in [2.24, 2.45) is 0 Å². The van der Waals surface area contributed by atoms with Crippen molar-refractivity contribution in [3.8, 4) is 11.5 Å². The molecule has 3 heterocycles. The second-order valence-corrected chi connectivity index (χ2v) is 6.57. The number of nitrogens with one attached hydrogen (secondary N) is 1. The van der Waals surface area contributed by atoms with E-state index in [9.17, 15) is 9.18 Å². The van der Waals surface area contributed by atoms with Crippen molar-refractivity contribution in [2.45, 2.75) is 18.9 Å². The molecule has 0 radical (unpaired) electrons. The number of furan rings is 1. The summed E-state index contributed by atoms with van der Waals surface area (Å²) in [7, 11) is 0. The molecule has 4 rings (SSSR count). The predicted molar refractivity (Wildman–Crippen MR) is 96.5 cm³/mol. The van der Waals surface area contributed by atoms with Gasteiger partial charge in [-0.1, -0.05) is 17.3 Å². The number of amides is 1. The van der Waals surface area contributed by atoms with Gasteiger partial charge in [-0.2, -0.15) is 0 Å². The maximum Gasteiger partial charge on any atom is 0.273 e. The van der Waals surface area contributed by atoms with Crippen LogP contribution in [0.4, 0.5) is 4.39 Å². The molecule has 1 fully saturated rings. The maximum atomic E-state index is 13.3. The number of nitrogens with zero attached hydrogens (tertiary/aromatic N) is 2. The molecule has 0 saturated carbocycles. The van der Waals surface area contributed by atoms with Gasteiger partial charge in [0.05, 0.1) is 12.3 Å². The lowest BCUT2D eigenvalue weighted by molar-refractivity contribution is 0.0929. The van der Waals surface area contributed by atoms with Gasteiger partial charge in [-0.15, -0.1) is 0 Å². The average molecular weight is 369 g/mol. The van der Waals surface area contributed by atoms with Crippen molar-refractivity contribution in [1.29, 1.82) is 0 Å². The third kappa shape index (κ3) is 3.93. The van der Waals surface area contributed by atoms with Gasteiger partial charge in [0.25, 0.3) is 5.91 Å². The monoisotopic (exact) mass is 369 g/mol. The van der Waals surface area contributed by atoms with Gasteiger partial charge in [-0.3, -0.25) is 9.69 Å². The molecule has 2 aromatic heterocycles. The van der Waals surface area contributed by atoms with Crippen molar-refractivity contribution in [3.63, 3.8) is 0 Å². The molecule has 1 unspecified atom stereocenters. The number of benzene rings is 1. The number of rotatable bonds is 6. The van der Waals surface area contributed by atoms with Gasteiger partial charge in [0, 0.05) is 12.6 Å². The number of aromatic nitrogens is 1.